The molecule has 2 unspecified atom stereocenters. The number of nitrogens with two attached hydrogens (primary N) is 1. The monoisotopic (exact) mass is 257 g/mol. The molecule has 1 aliphatic heterocycles. The number of primary amides is 1. The molecule has 106 valence electrons. The molecule has 5 nitrogen and oxygen atoms in total. The molecule has 0 bridgehead atoms. The van der Waals surface area contributed by atoms with E-state index in [1.165, 1.54) is 12.8 Å². The number of ether oxygens (including phenoxy) is 1. The zero-order chi connectivity index (χ0) is 13.4. The summed E-state index contributed by atoms with van der Waals surface area (Å²) in [5.41, 5.74) is 5.35. The molecule has 0 saturated carbocycles. The first kappa shape index (κ1) is 15.4. The minimum Gasteiger partial charge on any atom is -0.377 e. The van der Waals surface area contributed by atoms with Crippen LogP contribution >= 0.6 is 0 Å². The van der Waals surface area contributed by atoms with Crippen LogP contribution in [0.5, 0.6) is 0 Å². The zero-order valence-corrected chi connectivity index (χ0v) is 11.7. The van der Waals surface area contributed by atoms with E-state index in [-0.39, 0.29) is 11.9 Å². The number of likely N-dealkylation sites (N-methyl/N-ethyl adjacent to an activating group) is 2. The van der Waals surface area contributed by atoms with E-state index in [1.807, 2.05) is 6.92 Å². The van der Waals surface area contributed by atoms with Crippen molar-refractivity contribution in [2.24, 2.45) is 5.73 Å². The Kier molecular flexibility index (Phi) is 7.23. The third-order valence-corrected chi connectivity index (χ3v) is 3.38. The summed E-state index contributed by atoms with van der Waals surface area (Å²) >= 11 is 0. The maximum atomic E-state index is 11.2. The Hall–Kier alpha value is -0.650. The van der Waals surface area contributed by atoms with Gasteiger partial charge in [0.25, 0.3) is 0 Å². The van der Waals surface area contributed by atoms with Gasteiger partial charge in [-0.2, -0.15) is 0 Å². The molecule has 5 heteroatoms. The molecule has 18 heavy (non-hydrogen) atoms. The fourth-order valence-electron chi connectivity index (χ4n) is 2.33. The summed E-state index contributed by atoms with van der Waals surface area (Å²) in [7, 11) is 2.07. The summed E-state index contributed by atoms with van der Waals surface area (Å²) in [5.74, 6) is -0.265. The summed E-state index contributed by atoms with van der Waals surface area (Å²) < 4.78 is 5.70. The number of carbonyl (C=O) groups is 1. The number of hydrogen-bond acceptors (Lipinski definition) is 4. The quantitative estimate of drug-likeness (QED) is 0.658. The smallest absolute Gasteiger partial charge is 0.234 e. The highest BCUT2D eigenvalue weighted by molar-refractivity contribution is 5.79. The van der Waals surface area contributed by atoms with E-state index in [9.17, 15) is 4.79 Å². The molecule has 3 N–H and O–H groups in total. The molecule has 1 rings (SSSR count). The Labute approximate surface area is 110 Å². The Morgan fingerprint density at radius 1 is 1.56 bits per heavy atom. The zero-order valence-electron chi connectivity index (χ0n) is 11.7. The van der Waals surface area contributed by atoms with Crippen molar-refractivity contribution >= 4 is 5.91 Å². The first-order valence-corrected chi connectivity index (χ1v) is 6.96. The van der Waals surface area contributed by atoms with Crippen molar-refractivity contribution in [1.29, 1.82) is 0 Å². The van der Waals surface area contributed by atoms with E-state index >= 15 is 0 Å². The first-order chi connectivity index (χ1) is 8.63. The number of hydrogen-bond donors (Lipinski definition) is 2. The Balaban J connectivity index is 2.21. The Morgan fingerprint density at radius 3 is 2.89 bits per heavy atom. The Morgan fingerprint density at radius 2 is 2.33 bits per heavy atom. The lowest BCUT2D eigenvalue weighted by molar-refractivity contribution is -0.120. The standard InChI is InChI=1S/C13H27N3O2/c1-3-15-12(13(14)17)7-8-16(2)10-11-6-4-5-9-18-11/h11-12,15H,3-10H2,1-2H3,(H2,14,17). The number of amides is 1. The van der Waals surface area contributed by atoms with E-state index in [4.69, 9.17) is 10.5 Å². The van der Waals surface area contributed by atoms with Gasteiger partial charge >= 0.3 is 0 Å². The van der Waals surface area contributed by atoms with Crippen LogP contribution in [0.3, 0.4) is 0 Å². The maximum Gasteiger partial charge on any atom is 0.234 e. The van der Waals surface area contributed by atoms with E-state index in [1.54, 1.807) is 0 Å². The average molecular weight is 257 g/mol. The minimum atomic E-state index is -0.265. The molecule has 0 spiro atoms. The minimum absolute atomic E-state index is 0.218. The van der Waals surface area contributed by atoms with Gasteiger partial charge in [0, 0.05) is 13.2 Å². The summed E-state index contributed by atoms with van der Waals surface area (Å²) in [4.78, 5) is 13.4. The molecule has 1 fully saturated rings. The van der Waals surface area contributed by atoms with Crippen LogP contribution in [0.25, 0.3) is 0 Å². The highest BCUT2D eigenvalue weighted by Gasteiger charge is 2.18. The fourth-order valence-corrected chi connectivity index (χ4v) is 2.33. The fraction of sp³-hybridized carbons (Fsp3) is 0.923. The van der Waals surface area contributed by atoms with Gasteiger partial charge in [-0.3, -0.25) is 4.79 Å². The third-order valence-electron chi connectivity index (χ3n) is 3.38. The predicted molar refractivity (Wildman–Crippen MR) is 72.4 cm³/mol. The van der Waals surface area contributed by atoms with E-state index in [2.05, 4.69) is 17.3 Å². The van der Waals surface area contributed by atoms with Crippen molar-refractivity contribution in [3.63, 3.8) is 0 Å². The van der Waals surface area contributed by atoms with Crippen LogP contribution in [0.1, 0.15) is 32.6 Å². The van der Waals surface area contributed by atoms with Crippen LogP contribution < -0.4 is 11.1 Å². The summed E-state index contributed by atoms with van der Waals surface area (Å²) in [6.45, 7) is 5.44. The van der Waals surface area contributed by atoms with Crippen molar-refractivity contribution in [1.82, 2.24) is 10.2 Å². The molecule has 0 aliphatic carbocycles. The average Bonchev–Trinajstić information content (AvgIpc) is 2.35. The lowest BCUT2D eigenvalue weighted by Crippen LogP contribution is -2.44. The number of rotatable bonds is 8. The molecule has 0 aromatic carbocycles. The van der Waals surface area contributed by atoms with Crippen molar-refractivity contribution in [3.05, 3.63) is 0 Å². The lowest BCUT2D eigenvalue weighted by Gasteiger charge is -2.28. The van der Waals surface area contributed by atoms with Crippen LogP contribution in [-0.4, -0.2) is 56.2 Å². The van der Waals surface area contributed by atoms with Crippen LogP contribution in [-0.2, 0) is 9.53 Å². The molecular weight excluding hydrogens is 230 g/mol. The summed E-state index contributed by atoms with van der Waals surface area (Å²) in [5, 5.41) is 3.11. The molecule has 2 atom stereocenters. The van der Waals surface area contributed by atoms with Gasteiger partial charge in [-0.25, -0.2) is 0 Å². The highest BCUT2D eigenvalue weighted by atomic mass is 16.5. The van der Waals surface area contributed by atoms with Crippen molar-refractivity contribution in [2.75, 3.05) is 33.3 Å². The van der Waals surface area contributed by atoms with Gasteiger partial charge in [-0.05, 0) is 45.8 Å². The predicted octanol–water partition coefficient (Wildman–Crippen LogP) is 0.341. The molecule has 1 heterocycles. The Bertz CT molecular complexity index is 242. The first-order valence-electron chi connectivity index (χ1n) is 6.96. The maximum absolute atomic E-state index is 11.2. The van der Waals surface area contributed by atoms with Gasteiger partial charge in [0.1, 0.15) is 0 Å². The van der Waals surface area contributed by atoms with Gasteiger partial charge in [-0.15, -0.1) is 0 Å². The van der Waals surface area contributed by atoms with Gasteiger partial charge in [0.2, 0.25) is 5.91 Å². The lowest BCUT2D eigenvalue weighted by atomic mass is 10.1. The molecule has 1 amide bonds. The molecule has 0 radical (unpaired) electrons. The topological polar surface area (TPSA) is 67.6 Å². The van der Waals surface area contributed by atoms with Crippen LogP contribution in [0.4, 0.5) is 0 Å². The molecule has 0 aromatic heterocycles. The third kappa shape index (κ3) is 5.80. The summed E-state index contributed by atoms with van der Waals surface area (Å²) in [6.07, 6.45) is 4.71. The van der Waals surface area contributed by atoms with Gasteiger partial charge < -0.3 is 20.7 Å². The largest absolute Gasteiger partial charge is 0.377 e. The van der Waals surface area contributed by atoms with E-state index in [0.717, 1.165) is 39.1 Å². The van der Waals surface area contributed by atoms with Crippen molar-refractivity contribution < 1.29 is 9.53 Å². The molecule has 1 aliphatic rings. The molecule has 0 aromatic rings. The van der Waals surface area contributed by atoms with Crippen molar-refractivity contribution in [2.45, 2.75) is 44.8 Å². The highest BCUT2D eigenvalue weighted by Crippen LogP contribution is 2.13. The second kappa shape index (κ2) is 8.45. The molecule has 1 saturated heterocycles. The second-order valence-electron chi connectivity index (χ2n) is 5.05. The second-order valence-corrected chi connectivity index (χ2v) is 5.05. The molecular formula is C13H27N3O2. The van der Waals surface area contributed by atoms with Crippen LogP contribution in [0.15, 0.2) is 0 Å². The van der Waals surface area contributed by atoms with Crippen LogP contribution in [0, 0.1) is 0 Å². The SMILES string of the molecule is CCNC(CCN(C)CC1CCCCO1)C(N)=O. The number of nitrogens with one attached hydrogen (secondary N) is 1. The van der Waals surface area contributed by atoms with E-state index < -0.39 is 0 Å². The number of carbonyl (C=O) groups excluding carboxylic acids is 1. The van der Waals surface area contributed by atoms with Gasteiger partial charge in [-0.1, -0.05) is 6.92 Å². The number of nitrogens with zero attached hydrogens (tertiary/aromatic N) is 1. The summed E-state index contributed by atoms with van der Waals surface area (Å²) in [6, 6.07) is -0.218. The van der Waals surface area contributed by atoms with Gasteiger partial charge in [0.05, 0.1) is 12.1 Å². The van der Waals surface area contributed by atoms with Crippen LogP contribution in [0.2, 0.25) is 0 Å². The van der Waals surface area contributed by atoms with E-state index in [0.29, 0.717) is 6.10 Å². The normalized spacial score (nSPS) is 22.1. The van der Waals surface area contributed by atoms with Crippen molar-refractivity contribution in [3.8, 4) is 0 Å². The van der Waals surface area contributed by atoms with Gasteiger partial charge in [0.15, 0.2) is 0 Å².